The molecule has 0 bridgehead atoms. The van der Waals surface area contributed by atoms with Gasteiger partial charge in [-0.2, -0.15) is 12.6 Å². The molecule has 4 nitrogen and oxygen atoms in total. The van der Waals surface area contributed by atoms with Crippen molar-refractivity contribution >= 4 is 24.5 Å². The monoisotopic (exact) mass is 177 g/mol. The summed E-state index contributed by atoms with van der Waals surface area (Å²) in [6.45, 7) is 2.67. The van der Waals surface area contributed by atoms with Gasteiger partial charge in [0.05, 0.1) is 0 Å². The molecule has 0 saturated carbocycles. The lowest BCUT2D eigenvalue weighted by Crippen LogP contribution is -2.53. The SMILES string of the molecule is CC(=O)N[C@@](C)(CS)C(=O)O. The van der Waals surface area contributed by atoms with Crippen LogP contribution in [0.5, 0.6) is 0 Å². The third-order valence-electron chi connectivity index (χ3n) is 1.24. The van der Waals surface area contributed by atoms with Gasteiger partial charge in [0.2, 0.25) is 5.91 Å². The molecule has 0 radical (unpaired) electrons. The fourth-order valence-electron chi connectivity index (χ4n) is 0.549. The number of thiol groups is 1. The summed E-state index contributed by atoms with van der Waals surface area (Å²) >= 11 is 3.82. The number of carboxylic acid groups (broad SMARTS) is 1. The summed E-state index contributed by atoms with van der Waals surface area (Å²) in [5.41, 5.74) is -1.26. The molecule has 1 amide bonds. The predicted octanol–water partition coefficient (Wildman–Crippen LogP) is -0.104. The fraction of sp³-hybridized carbons (Fsp3) is 0.667. The molecule has 0 spiro atoms. The van der Waals surface area contributed by atoms with E-state index in [4.69, 9.17) is 5.11 Å². The molecule has 0 aliphatic rings. The zero-order valence-electron chi connectivity index (χ0n) is 6.42. The molecule has 0 unspecified atom stereocenters. The van der Waals surface area contributed by atoms with Gasteiger partial charge in [-0.3, -0.25) is 4.79 Å². The number of carbonyl (C=O) groups is 2. The quantitative estimate of drug-likeness (QED) is 0.527. The van der Waals surface area contributed by atoms with Gasteiger partial charge in [0, 0.05) is 12.7 Å². The maximum atomic E-state index is 10.5. The Labute approximate surface area is 70.4 Å². The minimum absolute atomic E-state index is 0.0713. The van der Waals surface area contributed by atoms with Crippen molar-refractivity contribution < 1.29 is 14.7 Å². The van der Waals surface area contributed by atoms with Gasteiger partial charge < -0.3 is 10.4 Å². The molecular weight excluding hydrogens is 166 g/mol. The van der Waals surface area contributed by atoms with Crippen LogP contribution in [0.25, 0.3) is 0 Å². The topological polar surface area (TPSA) is 66.4 Å². The van der Waals surface area contributed by atoms with Crippen molar-refractivity contribution in [3.05, 3.63) is 0 Å². The number of carboxylic acids is 1. The van der Waals surface area contributed by atoms with E-state index in [0.717, 1.165) is 0 Å². The Morgan fingerprint density at radius 1 is 1.64 bits per heavy atom. The molecule has 5 heteroatoms. The third kappa shape index (κ3) is 2.80. The van der Waals surface area contributed by atoms with Crippen molar-refractivity contribution in [3.8, 4) is 0 Å². The molecule has 11 heavy (non-hydrogen) atoms. The van der Waals surface area contributed by atoms with E-state index in [-0.39, 0.29) is 11.7 Å². The van der Waals surface area contributed by atoms with Crippen LogP contribution in [0, 0.1) is 0 Å². The van der Waals surface area contributed by atoms with Crippen LogP contribution in [-0.2, 0) is 9.59 Å². The van der Waals surface area contributed by atoms with Crippen LogP contribution in [0.15, 0.2) is 0 Å². The van der Waals surface area contributed by atoms with Crippen LogP contribution in [0.3, 0.4) is 0 Å². The molecular formula is C6H11NO3S. The highest BCUT2D eigenvalue weighted by molar-refractivity contribution is 7.80. The van der Waals surface area contributed by atoms with Crippen molar-refractivity contribution in [3.63, 3.8) is 0 Å². The van der Waals surface area contributed by atoms with E-state index >= 15 is 0 Å². The van der Waals surface area contributed by atoms with Gasteiger partial charge in [-0.15, -0.1) is 0 Å². The van der Waals surface area contributed by atoms with Crippen molar-refractivity contribution in [2.75, 3.05) is 5.75 Å². The number of hydrogen-bond acceptors (Lipinski definition) is 3. The molecule has 2 N–H and O–H groups in total. The summed E-state index contributed by atoms with van der Waals surface area (Å²) in [5.74, 6) is -1.38. The Balaban J connectivity index is 4.34. The van der Waals surface area contributed by atoms with Crippen molar-refractivity contribution in [1.29, 1.82) is 0 Å². The van der Waals surface area contributed by atoms with E-state index in [0.29, 0.717) is 0 Å². The highest BCUT2D eigenvalue weighted by Gasteiger charge is 2.31. The first-order valence-electron chi connectivity index (χ1n) is 3.05. The number of carbonyl (C=O) groups excluding carboxylic acids is 1. The van der Waals surface area contributed by atoms with Gasteiger partial charge in [0.1, 0.15) is 5.54 Å². The molecule has 0 aromatic carbocycles. The summed E-state index contributed by atoms with van der Waals surface area (Å²) in [4.78, 5) is 21.0. The van der Waals surface area contributed by atoms with Crippen LogP contribution >= 0.6 is 12.6 Å². The molecule has 0 rings (SSSR count). The molecule has 0 heterocycles. The van der Waals surface area contributed by atoms with E-state index < -0.39 is 11.5 Å². The van der Waals surface area contributed by atoms with Gasteiger partial charge in [0.25, 0.3) is 0 Å². The van der Waals surface area contributed by atoms with Crippen LogP contribution < -0.4 is 5.32 Å². The first-order chi connectivity index (χ1) is 4.92. The number of amides is 1. The first-order valence-corrected chi connectivity index (χ1v) is 3.68. The fourth-order valence-corrected chi connectivity index (χ4v) is 0.763. The number of nitrogens with one attached hydrogen (secondary N) is 1. The Hall–Kier alpha value is -0.710. The van der Waals surface area contributed by atoms with Crippen LogP contribution in [-0.4, -0.2) is 28.3 Å². The smallest absolute Gasteiger partial charge is 0.329 e. The zero-order chi connectivity index (χ0) is 9.07. The molecule has 1 atom stereocenters. The predicted molar refractivity (Wildman–Crippen MR) is 43.7 cm³/mol. The highest BCUT2D eigenvalue weighted by atomic mass is 32.1. The second-order valence-electron chi connectivity index (χ2n) is 2.48. The molecule has 0 aromatic heterocycles. The highest BCUT2D eigenvalue weighted by Crippen LogP contribution is 2.05. The van der Waals surface area contributed by atoms with Gasteiger partial charge in [0.15, 0.2) is 0 Å². The lowest BCUT2D eigenvalue weighted by Gasteiger charge is -2.22. The minimum atomic E-state index is -1.26. The Kier molecular flexibility index (Phi) is 3.38. The largest absolute Gasteiger partial charge is 0.479 e. The molecule has 64 valence electrons. The molecule has 0 aromatic rings. The van der Waals surface area contributed by atoms with E-state index in [1.807, 2.05) is 0 Å². The van der Waals surface area contributed by atoms with Crippen molar-refractivity contribution in [2.24, 2.45) is 0 Å². The van der Waals surface area contributed by atoms with Gasteiger partial charge in [-0.1, -0.05) is 0 Å². The van der Waals surface area contributed by atoms with Crippen LogP contribution in [0.4, 0.5) is 0 Å². The zero-order valence-corrected chi connectivity index (χ0v) is 7.31. The van der Waals surface area contributed by atoms with Crippen LogP contribution in [0.2, 0.25) is 0 Å². The standard InChI is InChI=1S/C6H11NO3S/c1-4(8)7-6(2,3-11)5(9)10/h11H,3H2,1-2H3,(H,7,8)(H,9,10)/t6-/m0/s1. The first kappa shape index (κ1) is 10.3. The average Bonchev–Trinajstić information content (AvgIpc) is 1.86. The lowest BCUT2D eigenvalue weighted by atomic mass is 10.1. The second-order valence-corrected chi connectivity index (χ2v) is 2.79. The summed E-state index contributed by atoms with van der Waals surface area (Å²) in [6.07, 6.45) is 0. The van der Waals surface area contributed by atoms with Gasteiger partial charge in [-0.25, -0.2) is 4.79 Å². The summed E-state index contributed by atoms with van der Waals surface area (Å²) < 4.78 is 0. The lowest BCUT2D eigenvalue weighted by molar-refractivity contribution is -0.145. The van der Waals surface area contributed by atoms with E-state index in [1.165, 1.54) is 13.8 Å². The van der Waals surface area contributed by atoms with E-state index in [9.17, 15) is 9.59 Å². The van der Waals surface area contributed by atoms with Crippen molar-refractivity contribution in [2.45, 2.75) is 19.4 Å². The number of hydrogen-bond donors (Lipinski definition) is 3. The van der Waals surface area contributed by atoms with E-state index in [2.05, 4.69) is 17.9 Å². The van der Waals surface area contributed by atoms with E-state index in [1.54, 1.807) is 0 Å². The van der Waals surface area contributed by atoms with Crippen molar-refractivity contribution in [1.82, 2.24) is 5.32 Å². The summed E-state index contributed by atoms with van der Waals surface area (Å²) in [6, 6.07) is 0. The molecule has 0 aliphatic heterocycles. The molecule has 0 aliphatic carbocycles. The Bertz CT molecular complexity index is 183. The van der Waals surface area contributed by atoms with Crippen LogP contribution in [0.1, 0.15) is 13.8 Å². The third-order valence-corrected chi connectivity index (χ3v) is 1.87. The second kappa shape index (κ2) is 3.61. The Morgan fingerprint density at radius 3 is 2.18 bits per heavy atom. The summed E-state index contributed by atoms with van der Waals surface area (Å²) in [5, 5.41) is 10.9. The maximum Gasteiger partial charge on any atom is 0.329 e. The van der Waals surface area contributed by atoms with Gasteiger partial charge in [-0.05, 0) is 6.92 Å². The molecule has 0 fully saturated rings. The molecule has 0 saturated heterocycles. The number of aliphatic carboxylic acids is 1. The normalized spacial score (nSPS) is 15.2. The minimum Gasteiger partial charge on any atom is -0.479 e. The summed E-state index contributed by atoms with van der Waals surface area (Å²) in [7, 11) is 0. The van der Waals surface area contributed by atoms with Gasteiger partial charge >= 0.3 is 5.97 Å². The average molecular weight is 177 g/mol. The maximum absolute atomic E-state index is 10.5. The Morgan fingerprint density at radius 2 is 2.09 bits per heavy atom. The number of rotatable bonds is 3.